The lowest BCUT2D eigenvalue weighted by molar-refractivity contribution is -0.137. The van der Waals surface area contributed by atoms with Gasteiger partial charge < -0.3 is 0 Å². The molecule has 2 nitrogen and oxygen atoms in total. The fourth-order valence-electron chi connectivity index (χ4n) is 1.31. The maximum absolute atomic E-state index is 12.4. The molecule has 0 fully saturated rings. The van der Waals surface area contributed by atoms with Crippen LogP contribution in [0, 0.1) is 0 Å². The summed E-state index contributed by atoms with van der Waals surface area (Å²) in [5, 5.41) is 9.33. The van der Waals surface area contributed by atoms with E-state index in [1.54, 1.807) is 0 Å². The molecule has 0 spiro atoms. The molecule has 0 saturated carbocycles. The zero-order chi connectivity index (χ0) is 13.3. The minimum Gasteiger partial charge on any atom is -0.166 e. The van der Waals surface area contributed by atoms with Crippen molar-refractivity contribution in [2.75, 3.05) is 0 Å². The van der Waals surface area contributed by atoms with Gasteiger partial charge in [0, 0.05) is 5.56 Å². The first-order chi connectivity index (χ1) is 8.38. The number of halogens is 4. The molecule has 0 aliphatic heterocycles. The number of rotatable bonds is 2. The van der Waals surface area contributed by atoms with Crippen molar-refractivity contribution in [3.05, 3.63) is 34.8 Å². The topological polar surface area (TPSA) is 25.8 Å². The highest BCUT2D eigenvalue weighted by Gasteiger charge is 2.30. The van der Waals surface area contributed by atoms with Crippen LogP contribution in [0.25, 0.3) is 10.6 Å². The summed E-state index contributed by atoms with van der Waals surface area (Å²) < 4.78 is 37.2. The van der Waals surface area contributed by atoms with Gasteiger partial charge in [-0.05, 0) is 19.1 Å². The molecule has 0 N–H and O–H groups in total. The molecule has 1 aromatic heterocycles. The van der Waals surface area contributed by atoms with Crippen molar-refractivity contribution in [3.63, 3.8) is 0 Å². The monoisotopic (exact) mass is 336 g/mol. The van der Waals surface area contributed by atoms with E-state index in [1.165, 1.54) is 23.5 Å². The average Bonchev–Trinajstić information content (AvgIpc) is 2.77. The molecule has 1 aromatic carbocycles. The predicted molar refractivity (Wildman–Crippen MR) is 67.7 cm³/mol. The Morgan fingerprint density at radius 1 is 1.17 bits per heavy atom. The van der Waals surface area contributed by atoms with Gasteiger partial charge >= 0.3 is 6.18 Å². The maximum atomic E-state index is 12.4. The summed E-state index contributed by atoms with van der Waals surface area (Å²) in [6, 6.07) is 4.92. The fourth-order valence-corrected chi connectivity index (χ4v) is 2.46. The van der Waals surface area contributed by atoms with Crippen molar-refractivity contribution in [2.45, 2.75) is 17.9 Å². The quantitative estimate of drug-likeness (QED) is 0.744. The largest absolute Gasteiger partial charge is 0.416 e. The molecule has 1 unspecified atom stereocenters. The van der Waals surface area contributed by atoms with Crippen LogP contribution in [0.3, 0.4) is 0 Å². The first-order valence-corrected chi connectivity index (χ1v) is 6.76. The van der Waals surface area contributed by atoms with E-state index < -0.39 is 11.7 Å². The molecule has 1 atom stereocenters. The third kappa shape index (κ3) is 2.89. The van der Waals surface area contributed by atoms with Crippen LogP contribution in [0.15, 0.2) is 24.3 Å². The minimum absolute atomic E-state index is 0.0817. The molecule has 0 aliphatic rings. The zero-order valence-corrected chi connectivity index (χ0v) is 11.6. The van der Waals surface area contributed by atoms with E-state index in [-0.39, 0.29) is 4.83 Å². The molecule has 0 amide bonds. The number of alkyl halides is 4. The smallest absolute Gasteiger partial charge is 0.166 e. The van der Waals surface area contributed by atoms with Gasteiger partial charge in [-0.1, -0.05) is 39.4 Å². The molecule has 2 rings (SSSR count). The minimum atomic E-state index is -4.31. The van der Waals surface area contributed by atoms with Crippen LogP contribution in [0.2, 0.25) is 0 Å². The first kappa shape index (κ1) is 13.5. The molecule has 0 bridgehead atoms. The Morgan fingerprint density at radius 3 is 2.22 bits per heavy atom. The summed E-state index contributed by atoms with van der Waals surface area (Å²) in [7, 11) is 0. The van der Waals surface area contributed by atoms with Gasteiger partial charge in [0.2, 0.25) is 0 Å². The summed E-state index contributed by atoms with van der Waals surface area (Å²) in [6.07, 6.45) is -4.31. The molecule has 0 saturated heterocycles. The summed E-state index contributed by atoms with van der Waals surface area (Å²) in [5.74, 6) is 0. The lowest BCUT2D eigenvalue weighted by Gasteiger charge is -2.06. The van der Waals surface area contributed by atoms with E-state index in [1.807, 2.05) is 6.92 Å². The normalized spacial score (nSPS) is 13.6. The Kier molecular flexibility index (Phi) is 3.72. The van der Waals surface area contributed by atoms with Gasteiger partial charge in [-0.3, -0.25) is 0 Å². The van der Waals surface area contributed by atoms with Crippen LogP contribution in [-0.2, 0) is 6.18 Å². The van der Waals surface area contributed by atoms with Crippen molar-refractivity contribution < 1.29 is 13.2 Å². The summed E-state index contributed by atoms with van der Waals surface area (Å²) in [4.78, 5) is 0.0817. The molecule has 7 heteroatoms. The fraction of sp³-hybridized carbons (Fsp3) is 0.273. The molecule has 18 heavy (non-hydrogen) atoms. The van der Waals surface area contributed by atoms with Crippen molar-refractivity contribution >= 4 is 27.3 Å². The number of hydrogen-bond acceptors (Lipinski definition) is 3. The summed E-state index contributed by atoms with van der Waals surface area (Å²) in [6.45, 7) is 1.91. The van der Waals surface area contributed by atoms with Crippen LogP contribution >= 0.6 is 27.3 Å². The molecule has 96 valence electrons. The molecule has 0 aliphatic carbocycles. The van der Waals surface area contributed by atoms with Crippen molar-refractivity contribution in [3.8, 4) is 10.6 Å². The van der Waals surface area contributed by atoms with Crippen molar-refractivity contribution in [2.24, 2.45) is 0 Å². The van der Waals surface area contributed by atoms with Gasteiger partial charge in [0.1, 0.15) is 10.0 Å². The van der Waals surface area contributed by atoms with Crippen molar-refractivity contribution in [1.82, 2.24) is 10.2 Å². The molecule has 2 aromatic rings. The second-order valence-corrected chi connectivity index (χ2v) is 6.02. The second-order valence-electron chi connectivity index (χ2n) is 3.64. The van der Waals surface area contributed by atoms with Gasteiger partial charge in [0.05, 0.1) is 10.4 Å². The number of benzene rings is 1. The van der Waals surface area contributed by atoms with Crippen LogP contribution < -0.4 is 0 Å². The highest BCUT2D eigenvalue weighted by atomic mass is 79.9. The van der Waals surface area contributed by atoms with Crippen LogP contribution in [0.5, 0.6) is 0 Å². The Labute approximate surface area is 114 Å². The van der Waals surface area contributed by atoms with Crippen LogP contribution in [-0.4, -0.2) is 10.2 Å². The SMILES string of the molecule is CC(Br)c1nnc(-c2ccc(C(F)(F)F)cc2)s1. The van der Waals surface area contributed by atoms with Gasteiger partial charge in [-0.25, -0.2) is 0 Å². The van der Waals surface area contributed by atoms with E-state index in [0.29, 0.717) is 10.6 Å². The Balaban J connectivity index is 2.29. The molecule has 1 heterocycles. The van der Waals surface area contributed by atoms with Gasteiger partial charge in [0.25, 0.3) is 0 Å². The van der Waals surface area contributed by atoms with Gasteiger partial charge in [0.15, 0.2) is 0 Å². The van der Waals surface area contributed by atoms with E-state index in [9.17, 15) is 13.2 Å². The zero-order valence-electron chi connectivity index (χ0n) is 9.20. The highest BCUT2D eigenvalue weighted by Crippen LogP contribution is 2.33. The Bertz CT molecular complexity index is 534. The summed E-state index contributed by atoms with van der Waals surface area (Å²) >= 11 is 4.72. The number of hydrogen-bond donors (Lipinski definition) is 0. The Hall–Kier alpha value is -0.950. The summed E-state index contributed by atoms with van der Waals surface area (Å²) in [5.41, 5.74) is -0.0234. The van der Waals surface area contributed by atoms with Crippen molar-refractivity contribution in [1.29, 1.82) is 0 Å². The molecule has 0 radical (unpaired) electrons. The molecular formula is C11H8BrF3N2S. The number of nitrogens with zero attached hydrogens (tertiary/aromatic N) is 2. The standard InChI is InChI=1S/C11H8BrF3N2S/c1-6(12)9-16-17-10(18-9)7-2-4-8(5-3-7)11(13,14)15/h2-6H,1H3. The number of aromatic nitrogens is 2. The third-order valence-corrected chi connectivity index (χ3v) is 4.13. The van der Waals surface area contributed by atoms with Crippen LogP contribution in [0.1, 0.15) is 22.3 Å². The predicted octanol–water partition coefficient (Wildman–Crippen LogP) is 4.68. The Morgan fingerprint density at radius 2 is 1.78 bits per heavy atom. The van der Waals surface area contributed by atoms with E-state index in [2.05, 4.69) is 26.1 Å². The maximum Gasteiger partial charge on any atom is 0.416 e. The average molecular weight is 337 g/mol. The highest BCUT2D eigenvalue weighted by molar-refractivity contribution is 9.09. The van der Waals surface area contributed by atoms with E-state index in [0.717, 1.165) is 17.1 Å². The van der Waals surface area contributed by atoms with Gasteiger partial charge in [-0.2, -0.15) is 13.2 Å². The second kappa shape index (κ2) is 4.97. The van der Waals surface area contributed by atoms with E-state index >= 15 is 0 Å². The lowest BCUT2D eigenvalue weighted by Crippen LogP contribution is -2.03. The lowest BCUT2D eigenvalue weighted by atomic mass is 10.1. The molecular weight excluding hydrogens is 329 g/mol. The third-order valence-electron chi connectivity index (χ3n) is 2.24. The van der Waals surface area contributed by atoms with Gasteiger partial charge in [-0.15, -0.1) is 10.2 Å². The first-order valence-electron chi connectivity index (χ1n) is 5.03. The van der Waals surface area contributed by atoms with E-state index in [4.69, 9.17) is 0 Å². The van der Waals surface area contributed by atoms with Crippen LogP contribution in [0.4, 0.5) is 13.2 Å².